The van der Waals surface area contributed by atoms with Gasteiger partial charge >= 0.3 is 12.1 Å². The van der Waals surface area contributed by atoms with Gasteiger partial charge in [0.2, 0.25) is 5.88 Å². The van der Waals surface area contributed by atoms with E-state index in [9.17, 15) is 23.1 Å². The first-order valence-electron chi connectivity index (χ1n) is 8.63. The molecular weight excluding hydrogens is 373 g/mol. The Kier molecular flexibility index (Phi) is 5.31. The van der Waals surface area contributed by atoms with Crippen LogP contribution in [0.3, 0.4) is 0 Å². The lowest BCUT2D eigenvalue weighted by Gasteiger charge is -2.35. The topological polar surface area (TPSA) is 62.7 Å². The average molecular weight is 392 g/mol. The molecule has 3 rings (SSSR count). The summed E-state index contributed by atoms with van der Waals surface area (Å²) in [7, 11) is 0. The number of alkyl halides is 3. The number of nitrogens with zero attached hydrogens (tertiary/aromatic N) is 2. The minimum Gasteiger partial charge on any atom is -0.478 e. The molecule has 1 aromatic carbocycles. The third-order valence-corrected chi connectivity index (χ3v) is 4.56. The third-order valence-electron chi connectivity index (χ3n) is 4.56. The Morgan fingerprint density at radius 1 is 1.39 bits per heavy atom. The second-order valence-electron chi connectivity index (χ2n) is 6.57. The van der Waals surface area contributed by atoms with E-state index in [0.717, 1.165) is 11.1 Å². The van der Waals surface area contributed by atoms with Gasteiger partial charge in [0.05, 0.1) is 17.3 Å². The van der Waals surface area contributed by atoms with Crippen LogP contribution >= 0.6 is 0 Å². The standard InChI is InChI=1S/C20H19F3N2O3/c1-12-9-15(10-24-18(12)28-11-20(21,22)23)13(2)25-8-4-6-14-5-3-7-16(17(14)25)19(26)27/h3-7,9-10,13H,8,11H2,1-2H3,(H,26,27). The van der Waals surface area contributed by atoms with Crippen molar-refractivity contribution >= 4 is 17.7 Å². The summed E-state index contributed by atoms with van der Waals surface area (Å²) in [6, 6.07) is 6.56. The first kappa shape index (κ1) is 19.7. The van der Waals surface area contributed by atoms with Crippen molar-refractivity contribution < 1.29 is 27.8 Å². The maximum atomic E-state index is 12.4. The van der Waals surface area contributed by atoms with Crippen LogP contribution in [-0.4, -0.2) is 35.4 Å². The number of fused-ring (bicyclic) bond motifs is 1. The normalized spacial score (nSPS) is 14.5. The largest absolute Gasteiger partial charge is 0.478 e. The summed E-state index contributed by atoms with van der Waals surface area (Å²) >= 11 is 0. The highest BCUT2D eigenvalue weighted by atomic mass is 19.4. The maximum absolute atomic E-state index is 12.4. The molecule has 0 amide bonds. The number of pyridine rings is 1. The number of carboxylic acid groups (broad SMARTS) is 1. The lowest BCUT2D eigenvalue weighted by Crippen LogP contribution is -2.31. The SMILES string of the molecule is Cc1cc(C(C)N2CC=Cc3cccc(C(=O)O)c32)cnc1OCC(F)(F)F. The highest BCUT2D eigenvalue weighted by molar-refractivity contribution is 5.97. The number of ether oxygens (including phenoxy) is 1. The second kappa shape index (κ2) is 7.53. The Morgan fingerprint density at radius 3 is 2.79 bits per heavy atom. The number of halogens is 3. The quantitative estimate of drug-likeness (QED) is 0.804. The third kappa shape index (κ3) is 4.11. The second-order valence-corrected chi connectivity index (χ2v) is 6.57. The molecule has 148 valence electrons. The van der Waals surface area contributed by atoms with Crippen LogP contribution < -0.4 is 9.64 Å². The van der Waals surface area contributed by atoms with Gasteiger partial charge in [0.15, 0.2) is 6.61 Å². The highest BCUT2D eigenvalue weighted by Crippen LogP contribution is 2.36. The van der Waals surface area contributed by atoms with Crippen molar-refractivity contribution in [3.63, 3.8) is 0 Å². The minimum absolute atomic E-state index is 0.0709. The summed E-state index contributed by atoms with van der Waals surface area (Å²) in [5.74, 6) is -1.09. The van der Waals surface area contributed by atoms with Gasteiger partial charge in [0.1, 0.15) is 0 Å². The number of para-hydroxylation sites is 1. The van der Waals surface area contributed by atoms with Gasteiger partial charge in [-0.25, -0.2) is 9.78 Å². The number of aromatic carboxylic acids is 1. The van der Waals surface area contributed by atoms with E-state index >= 15 is 0 Å². The predicted octanol–water partition coefficient (Wildman–Crippen LogP) is 4.62. The first-order valence-corrected chi connectivity index (χ1v) is 8.63. The van der Waals surface area contributed by atoms with Crippen LogP contribution in [0, 0.1) is 6.92 Å². The fourth-order valence-electron chi connectivity index (χ4n) is 3.22. The van der Waals surface area contributed by atoms with Crippen LogP contribution in [0.4, 0.5) is 18.9 Å². The molecule has 5 nitrogen and oxygen atoms in total. The van der Waals surface area contributed by atoms with Crippen molar-refractivity contribution in [3.8, 4) is 5.88 Å². The van der Waals surface area contributed by atoms with E-state index in [1.165, 1.54) is 6.20 Å². The molecule has 0 fully saturated rings. The summed E-state index contributed by atoms with van der Waals surface area (Å²) in [6.07, 6.45) is 0.843. The number of hydrogen-bond donors (Lipinski definition) is 1. The molecule has 0 spiro atoms. The summed E-state index contributed by atoms with van der Waals surface area (Å²) in [6.45, 7) is 2.63. The molecule has 2 heterocycles. The number of aromatic nitrogens is 1. The monoisotopic (exact) mass is 392 g/mol. The van der Waals surface area contributed by atoms with E-state index in [4.69, 9.17) is 4.74 Å². The molecule has 0 saturated carbocycles. The van der Waals surface area contributed by atoms with Crippen LogP contribution in [0.1, 0.15) is 40.0 Å². The highest BCUT2D eigenvalue weighted by Gasteiger charge is 2.29. The van der Waals surface area contributed by atoms with Gasteiger partial charge in [-0.3, -0.25) is 0 Å². The van der Waals surface area contributed by atoms with E-state index < -0.39 is 18.8 Å². The van der Waals surface area contributed by atoms with Gasteiger partial charge < -0.3 is 14.7 Å². The molecule has 1 N–H and O–H groups in total. The Hall–Kier alpha value is -3.03. The minimum atomic E-state index is -4.43. The van der Waals surface area contributed by atoms with Gasteiger partial charge in [-0.2, -0.15) is 13.2 Å². The summed E-state index contributed by atoms with van der Waals surface area (Å²) < 4.78 is 41.8. The van der Waals surface area contributed by atoms with Gasteiger partial charge in [0.25, 0.3) is 0 Å². The van der Waals surface area contributed by atoms with Gasteiger partial charge in [-0.15, -0.1) is 0 Å². The zero-order valence-electron chi connectivity index (χ0n) is 15.3. The fraction of sp³-hybridized carbons (Fsp3) is 0.300. The summed E-state index contributed by atoms with van der Waals surface area (Å²) in [5, 5.41) is 9.54. The number of aryl methyl sites for hydroxylation is 1. The summed E-state index contributed by atoms with van der Waals surface area (Å²) in [4.78, 5) is 17.6. The van der Waals surface area contributed by atoms with Crippen molar-refractivity contribution in [1.82, 2.24) is 4.98 Å². The van der Waals surface area contributed by atoms with Crippen LogP contribution in [0.2, 0.25) is 0 Å². The molecule has 0 aliphatic carbocycles. The Morgan fingerprint density at radius 2 is 2.14 bits per heavy atom. The molecular formula is C20H19F3N2O3. The van der Waals surface area contributed by atoms with Gasteiger partial charge in [0, 0.05) is 18.3 Å². The molecule has 2 aromatic rings. The Balaban J connectivity index is 1.90. The number of carbonyl (C=O) groups is 1. The van der Waals surface area contributed by atoms with Crippen LogP contribution in [-0.2, 0) is 0 Å². The lowest BCUT2D eigenvalue weighted by molar-refractivity contribution is -0.154. The Labute approximate surface area is 160 Å². The molecule has 1 aliphatic heterocycles. The number of benzene rings is 1. The van der Waals surface area contributed by atoms with E-state index in [1.54, 1.807) is 25.1 Å². The van der Waals surface area contributed by atoms with Crippen LogP contribution in [0.5, 0.6) is 5.88 Å². The molecule has 0 bridgehead atoms. The van der Waals surface area contributed by atoms with E-state index in [2.05, 4.69) is 4.98 Å². The Bertz CT molecular complexity index is 925. The zero-order chi connectivity index (χ0) is 20.5. The molecule has 0 saturated heterocycles. The van der Waals surface area contributed by atoms with Crippen molar-refractivity contribution in [3.05, 3.63) is 58.8 Å². The smallest absolute Gasteiger partial charge is 0.422 e. The average Bonchev–Trinajstić information content (AvgIpc) is 2.64. The zero-order valence-corrected chi connectivity index (χ0v) is 15.3. The maximum Gasteiger partial charge on any atom is 0.422 e. The number of anilines is 1. The molecule has 0 radical (unpaired) electrons. The number of carboxylic acids is 1. The van der Waals surface area contributed by atoms with Gasteiger partial charge in [-0.1, -0.05) is 24.3 Å². The number of rotatable bonds is 5. The van der Waals surface area contributed by atoms with Crippen molar-refractivity contribution in [2.75, 3.05) is 18.1 Å². The van der Waals surface area contributed by atoms with Crippen molar-refractivity contribution in [1.29, 1.82) is 0 Å². The number of hydrogen-bond acceptors (Lipinski definition) is 4. The van der Waals surface area contributed by atoms with Crippen LogP contribution in [0.25, 0.3) is 6.08 Å². The van der Waals surface area contributed by atoms with Crippen molar-refractivity contribution in [2.24, 2.45) is 0 Å². The summed E-state index contributed by atoms with van der Waals surface area (Å²) in [5.41, 5.74) is 2.84. The van der Waals surface area contributed by atoms with E-state index in [-0.39, 0.29) is 17.5 Å². The van der Waals surface area contributed by atoms with Crippen molar-refractivity contribution in [2.45, 2.75) is 26.1 Å². The first-order chi connectivity index (χ1) is 13.2. The molecule has 28 heavy (non-hydrogen) atoms. The van der Waals surface area contributed by atoms with E-state index in [0.29, 0.717) is 17.8 Å². The molecule has 1 atom stereocenters. The fourth-order valence-corrected chi connectivity index (χ4v) is 3.22. The van der Waals surface area contributed by atoms with Gasteiger partial charge in [-0.05, 0) is 37.1 Å². The van der Waals surface area contributed by atoms with E-state index in [1.807, 2.05) is 30.0 Å². The van der Waals surface area contributed by atoms with Crippen LogP contribution in [0.15, 0.2) is 36.5 Å². The molecule has 1 aliphatic rings. The molecule has 1 aromatic heterocycles. The molecule has 8 heteroatoms. The lowest BCUT2D eigenvalue weighted by atomic mass is 9.98. The predicted molar refractivity (Wildman–Crippen MR) is 98.7 cm³/mol. The molecule has 1 unspecified atom stereocenters.